The number of nitrogens with zero attached hydrogens (tertiary/aromatic N) is 1. The second-order valence-electron chi connectivity index (χ2n) is 6.92. The minimum absolute atomic E-state index is 0.150. The normalized spacial score (nSPS) is 15.9. The quantitative estimate of drug-likeness (QED) is 0.523. The van der Waals surface area contributed by atoms with E-state index in [1.54, 1.807) is 46.8 Å². The van der Waals surface area contributed by atoms with Crippen molar-refractivity contribution >= 4 is 22.1 Å². The van der Waals surface area contributed by atoms with Crippen molar-refractivity contribution in [2.75, 3.05) is 13.1 Å². The summed E-state index contributed by atoms with van der Waals surface area (Å²) in [5.74, 6) is -1.03. The van der Waals surface area contributed by atoms with E-state index in [0.717, 1.165) is 25.7 Å². The Kier molecular flexibility index (Phi) is 7.17. The topological polar surface area (TPSA) is 63.7 Å². The van der Waals surface area contributed by atoms with Crippen LogP contribution in [0, 0.1) is 5.82 Å². The summed E-state index contributed by atoms with van der Waals surface area (Å²) in [5.41, 5.74) is 0.972. The van der Waals surface area contributed by atoms with Crippen molar-refractivity contribution < 1.29 is 22.3 Å². The van der Waals surface area contributed by atoms with Gasteiger partial charge in [0, 0.05) is 24.7 Å². The number of benzene rings is 2. The molecule has 5 nitrogen and oxygen atoms in total. The van der Waals surface area contributed by atoms with Crippen LogP contribution in [-0.4, -0.2) is 31.8 Å². The Morgan fingerprint density at radius 2 is 1.66 bits per heavy atom. The Balaban J connectivity index is 1.59. The molecule has 0 saturated carbocycles. The summed E-state index contributed by atoms with van der Waals surface area (Å²) in [6.45, 7) is 0.957. The molecule has 1 aliphatic heterocycles. The van der Waals surface area contributed by atoms with Crippen LogP contribution in [0.4, 0.5) is 4.39 Å². The standard InChI is InChI=1S/C22H24FNO4S/c23-21-8-4-3-7-19(21)17-28-22(25)14-11-18-9-12-20(13-10-18)29(26,27)24-15-5-1-2-6-16-24/h3-4,7-14H,1-2,5-6,15-17H2/b14-11+. The van der Waals surface area contributed by atoms with Crippen LogP contribution in [0.15, 0.2) is 59.5 Å². The summed E-state index contributed by atoms with van der Waals surface area (Å²) in [6, 6.07) is 12.5. The van der Waals surface area contributed by atoms with Crippen LogP contribution in [0.3, 0.4) is 0 Å². The zero-order valence-electron chi connectivity index (χ0n) is 16.1. The minimum Gasteiger partial charge on any atom is -0.458 e. The molecule has 3 rings (SSSR count). The third kappa shape index (κ3) is 5.74. The van der Waals surface area contributed by atoms with Gasteiger partial charge in [-0.3, -0.25) is 0 Å². The molecule has 1 fully saturated rings. The average molecular weight is 418 g/mol. The highest BCUT2D eigenvalue weighted by molar-refractivity contribution is 7.89. The number of hydrogen-bond acceptors (Lipinski definition) is 4. The van der Waals surface area contributed by atoms with Gasteiger partial charge in [-0.15, -0.1) is 0 Å². The van der Waals surface area contributed by atoms with Crippen molar-refractivity contribution in [1.82, 2.24) is 4.31 Å². The number of esters is 1. The van der Waals surface area contributed by atoms with Crippen molar-refractivity contribution in [3.05, 3.63) is 71.6 Å². The van der Waals surface area contributed by atoms with Crippen LogP contribution in [0.1, 0.15) is 36.8 Å². The van der Waals surface area contributed by atoms with E-state index in [2.05, 4.69) is 0 Å². The number of halogens is 1. The lowest BCUT2D eigenvalue weighted by atomic mass is 10.2. The first-order valence-electron chi connectivity index (χ1n) is 9.65. The van der Waals surface area contributed by atoms with Gasteiger partial charge in [-0.05, 0) is 42.7 Å². The largest absolute Gasteiger partial charge is 0.458 e. The van der Waals surface area contributed by atoms with Crippen LogP contribution in [0.25, 0.3) is 6.08 Å². The number of ether oxygens (including phenoxy) is 1. The van der Waals surface area contributed by atoms with E-state index in [9.17, 15) is 17.6 Å². The van der Waals surface area contributed by atoms with Gasteiger partial charge in [0.15, 0.2) is 0 Å². The molecule has 0 aromatic heterocycles. The molecule has 1 saturated heterocycles. The average Bonchev–Trinajstić information content (AvgIpc) is 3.02. The van der Waals surface area contributed by atoms with Crippen LogP contribution in [0.2, 0.25) is 0 Å². The smallest absolute Gasteiger partial charge is 0.331 e. The molecule has 0 bridgehead atoms. The molecular weight excluding hydrogens is 393 g/mol. The number of rotatable bonds is 6. The van der Waals surface area contributed by atoms with Crippen molar-refractivity contribution in [2.45, 2.75) is 37.2 Å². The molecule has 2 aromatic rings. The zero-order valence-corrected chi connectivity index (χ0v) is 16.9. The summed E-state index contributed by atoms with van der Waals surface area (Å²) in [4.78, 5) is 12.1. The first kappa shape index (κ1) is 21.2. The third-order valence-corrected chi connectivity index (χ3v) is 6.74. The second-order valence-corrected chi connectivity index (χ2v) is 8.86. The van der Waals surface area contributed by atoms with Gasteiger partial charge in [0.1, 0.15) is 12.4 Å². The highest BCUT2D eigenvalue weighted by Crippen LogP contribution is 2.21. The monoisotopic (exact) mass is 417 g/mol. The van der Waals surface area contributed by atoms with Crippen molar-refractivity contribution in [3.8, 4) is 0 Å². The first-order valence-corrected chi connectivity index (χ1v) is 11.1. The van der Waals surface area contributed by atoms with Gasteiger partial charge in [0.2, 0.25) is 10.0 Å². The Hall–Kier alpha value is -2.51. The molecule has 0 amide bonds. The second kappa shape index (κ2) is 9.80. The molecule has 7 heteroatoms. The highest BCUT2D eigenvalue weighted by Gasteiger charge is 2.24. The lowest BCUT2D eigenvalue weighted by molar-refractivity contribution is -0.138. The van der Waals surface area contributed by atoms with E-state index in [4.69, 9.17) is 4.74 Å². The molecule has 0 unspecified atom stereocenters. The fourth-order valence-electron chi connectivity index (χ4n) is 3.16. The Labute approximate surface area is 170 Å². The van der Waals surface area contributed by atoms with Gasteiger partial charge in [-0.2, -0.15) is 4.31 Å². The van der Waals surface area contributed by atoms with Crippen molar-refractivity contribution in [2.24, 2.45) is 0 Å². The lowest BCUT2D eigenvalue weighted by Crippen LogP contribution is -2.31. The van der Waals surface area contributed by atoms with Crippen LogP contribution >= 0.6 is 0 Å². The van der Waals surface area contributed by atoms with Crippen LogP contribution < -0.4 is 0 Å². The van der Waals surface area contributed by atoms with Crippen LogP contribution in [0.5, 0.6) is 0 Å². The van der Waals surface area contributed by atoms with E-state index in [-0.39, 0.29) is 11.5 Å². The number of carbonyl (C=O) groups is 1. The van der Waals surface area contributed by atoms with E-state index in [1.807, 2.05) is 0 Å². The van der Waals surface area contributed by atoms with Gasteiger partial charge in [-0.1, -0.05) is 43.2 Å². The SMILES string of the molecule is O=C(/C=C/c1ccc(S(=O)(=O)N2CCCCCC2)cc1)OCc1ccccc1F. The Morgan fingerprint density at radius 1 is 1.00 bits per heavy atom. The Morgan fingerprint density at radius 3 is 2.31 bits per heavy atom. The number of sulfonamides is 1. The minimum atomic E-state index is -3.49. The van der Waals surface area contributed by atoms with Gasteiger partial charge >= 0.3 is 5.97 Å². The molecule has 29 heavy (non-hydrogen) atoms. The van der Waals surface area contributed by atoms with Gasteiger partial charge in [0.05, 0.1) is 4.90 Å². The molecular formula is C22H24FNO4S. The van der Waals surface area contributed by atoms with Crippen molar-refractivity contribution in [3.63, 3.8) is 0 Å². The summed E-state index contributed by atoms with van der Waals surface area (Å²) >= 11 is 0. The number of hydrogen-bond donors (Lipinski definition) is 0. The molecule has 0 radical (unpaired) electrons. The third-order valence-electron chi connectivity index (χ3n) is 4.82. The summed E-state index contributed by atoms with van der Waals surface area (Å²) < 4.78 is 45.6. The number of carbonyl (C=O) groups excluding carboxylic acids is 1. The van der Waals surface area contributed by atoms with Gasteiger partial charge in [0.25, 0.3) is 0 Å². The highest BCUT2D eigenvalue weighted by atomic mass is 32.2. The lowest BCUT2D eigenvalue weighted by Gasteiger charge is -2.19. The summed E-state index contributed by atoms with van der Waals surface area (Å²) in [7, 11) is -3.49. The van der Waals surface area contributed by atoms with Crippen LogP contribution in [-0.2, 0) is 26.2 Å². The van der Waals surface area contributed by atoms with E-state index < -0.39 is 21.8 Å². The van der Waals surface area contributed by atoms with E-state index >= 15 is 0 Å². The van der Waals surface area contributed by atoms with E-state index in [1.165, 1.54) is 18.2 Å². The molecule has 2 aromatic carbocycles. The zero-order chi connectivity index (χ0) is 20.7. The molecule has 1 aliphatic rings. The van der Waals surface area contributed by atoms with Gasteiger partial charge < -0.3 is 4.74 Å². The van der Waals surface area contributed by atoms with Crippen molar-refractivity contribution in [1.29, 1.82) is 0 Å². The fourth-order valence-corrected chi connectivity index (χ4v) is 4.68. The van der Waals surface area contributed by atoms with Gasteiger partial charge in [-0.25, -0.2) is 17.6 Å². The maximum atomic E-state index is 13.5. The maximum Gasteiger partial charge on any atom is 0.331 e. The molecule has 0 aliphatic carbocycles. The predicted molar refractivity (Wildman–Crippen MR) is 109 cm³/mol. The first-order chi connectivity index (χ1) is 14.0. The molecule has 1 heterocycles. The van der Waals surface area contributed by atoms with E-state index in [0.29, 0.717) is 24.2 Å². The molecule has 0 spiro atoms. The molecule has 154 valence electrons. The predicted octanol–water partition coefficient (Wildman–Crippen LogP) is 4.15. The fraction of sp³-hybridized carbons (Fsp3) is 0.318. The Bertz CT molecular complexity index is 963. The summed E-state index contributed by atoms with van der Waals surface area (Å²) in [6.07, 6.45) is 6.65. The summed E-state index contributed by atoms with van der Waals surface area (Å²) in [5, 5.41) is 0. The maximum absolute atomic E-state index is 13.5. The molecule has 0 N–H and O–H groups in total. The molecule has 0 atom stereocenters.